The molecule has 0 aliphatic heterocycles. The van der Waals surface area contributed by atoms with E-state index in [-0.39, 0.29) is 29.6 Å². The molecule has 4 nitrogen and oxygen atoms in total. The highest BCUT2D eigenvalue weighted by atomic mass is 35.5. The van der Waals surface area contributed by atoms with Crippen molar-refractivity contribution < 1.29 is 27.8 Å². The minimum Gasteiger partial charge on any atom is -0.496 e. The van der Waals surface area contributed by atoms with Gasteiger partial charge in [-0.3, -0.25) is 0 Å². The Bertz CT molecular complexity index is 454. The zero-order valence-corrected chi connectivity index (χ0v) is 11.7. The number of nitrogens with one attached hydrogen (secondary N) is 1. The Labute approximate surface area is 119 Å². The molecule has 0 aromatic heterocycles. The van der Waals surface area contributed by atoms with Crippen LogP contribution in [0.1, 0.15) is 5.56 Å². The molecule has 0 bridgehead atoms. The molecule has 1 aromatic rings. The van der Waals surface area contributed by atoms with Crippen LogP contribution in [0.4, 0.5) is 18.9 Å². The summed E-state index contributed by atoms with van der Waals surface area (Å²) in [5.74, 6) is -0.188. The highest BCUT2D eigenvalue weighted by molar-refractivity contribution is 6.18. The van der Waals surface area contributed by atoms with Crippen molar-refractivity contribution in [2.75, 3.05) is 32.0 Å². The van der Waals surface area contributed by atoms with Crippen LogP contribution in [0.15, 0.2) is 12.1 Å². The van der Waals surface area contributed by atoms with Gasteiger partial charge in [-0.2, -0.15) is 13.2 Å². The lowest BCUT2D eigenvalue weighted by molar-refractivity contribution is -0.138. The maximum atomic E-state index is 12.9. The van der Waals surface area contributed by atoms with Gasteiger partial charge in [0, 0.05) is 12.6 Å². The number of aliphatic hydroxyl groups excluding tert-OH is 1. The maximum absolute atomic E-state index is 12.9. The molecule has 1 rings (SSSR count). The number of methoxy groups -OCH3 is 2. The predicted molar refractivity (Wildman–Crippen MR) is 69.8 cm³/mol. The molecule has 0 spiro atoms. The molecule has 0 aliphatic rings. The van der Waals surface area contributed by atoms with Crippen molar-refractivity contribution in [2.24, 2.45) is 0 Å². The van der Waals surface area contributed by atoms with Crippen LogP contribution >= 0.6 is 11.6 Å². The van der Waals surface area contributed by atoms with E-state index in [1.165, 1.54) is 7.11 Å². The van der Waals surface area contributed by atoms with Gasteiger partial charge in [0.2, 0.25) is 0 Å². The van der Waals surface area contributed by atoms with Gasteiger partial charge in [-0.05, 0) is 6.07 Å². The van der Waals surface area contributed by atoms with E-state index >= 15 is 0 Å². The monoisotopic (exact) mass is 313 g/mol. The van der Waals surface area contributed by atoms with Crippen molar-refractivity contribution >= 4 is 17.3 Å². The molecule has 0 heterocycles. The number of anilines is 1. The second-order valence-electron chi connectivity index (χ2n) is 3.94. The third kappa shape index (κ3) is 4.08. The van der Waals surface area contributed by atoms with Crippen molar-refractivity contribution in [3.63, 3.8) is 0 Å². The summed E-state index contributed by atoms with van der Waals surface area (Å²) in [6.07, 6.45) is -5.43. The quantitative estimate of drug-likeness (QED) is 0.793. The van der Waals surface area contributed by atoms with Gasteiger partial charge in [-0.15, -0.1) is 11.6 Å². The Hall–Kier alpha value is -1.34. The van der Waals surface area contributed by atoms with E-state index in [1.54, 1.807) is 0 Å². The highest BCUT2D eigenvalue weighted by Crippen LogP contribution is 2.41. The standard InChI is InChI=1S/C12H15ClF3NO3/c1-19-10-4-11(20-2)9(17-6-7(18)5-13)3-8(10)12(14,15)16/h3-4,7,17-18H,5-6H2,1-2H3. The van der Waals surface area contributed by atoms with Gasteiger partial charge in [0.05, 0.1) is 37.5 Å². The number of hydrogen-bond donors (Lipinski definition) is 2. The summed E-state index contributed by atoms with van der Waals surface area (Å²) in [5.41, 5.74) is -0.826. The van der Waals surface area contributed by atoms with E-state index in [4.69, 9.17) is 21.1 Å². The molecule has 0 aliphatic carbocycles. The maximum Gasteiger partial charge on any atom is 0.420 e. The molecule has 0 saturated carbocycles. The Morgan fingerprint density at radius 3 is 2.30 bits per heavy atom. The zero-order valence-electron chi connectivity index (χ0n) is 10.9. The molecule has 0 saturated heterocycles. The van der Waals surface area contributed by atoms with E-state index in [9.17, 15) is 18.3 Å². The summed E-state index contributed by atoms with van der Waals surface area (Å²) in [7, 11) is 2.47. The second-order valence-corrected chi connectivity index (χ2v) is 4.25. The molecule has 0 fully saturated rings. The van der Waals surface area contributed by atoms with Crippen LogP contribution in [0.25, 0.3) is 0 Å². The van der Waals surface area contributed by atoms with Crippen molar-refractivity contribution in [1.82, 2.24) is 0 Å². The predicted octanol–water partition coefficient (Wildman–Crippen LogP) is 2.73. The lowest BCUT2D eigenvalue weighted by atomic mass is 10.1. The Kier molecular flexibility index (Phi) is 5.76. The number of benzene rings is 1. The minimum absolute atomic E-state index is 0.00346. The van der Waals surface area contributed by atoms with Gasteiger partial charge in [0.15, 0.2) is 0 Å². The molecular formula is C12H15ClF3NO3. The van der Waals surface area contributed by atoms with Crippen LogP contribution in [0.3, 0.4) is 0 Å². The van der Waals surface area contributed by atoms with Crippen LogP contribution in [-0.4, -0.2) is 37.9 Å². The summed E-state index contributed by atoms with van der Waals surface area (Å²) in [5, 5.41) is 12.0. The molecule has 0 amide bonds. The molecule has 20 heavy (non-hydrogen) atoms. The lowest BCUT2D eigenvalue weighted by Gasteiger charge is -2.18. The summed E-state index contributed by atoms with van der Waals surface area (Å²) < 4.78 is 48.4. The molecule has 1 unspecified atom stereocenters. The van der Waals surface area contributed by atoms with Gasteiger partial charge in [0.25, 0.3) is 0 Å². The molecule has 0 radical (unpaired) electrons. The average molecular weight is 314 g/mol. The lowest BCUT2D eigenvalue weighted by Crippen LogP contribution is -2.21. The van der Waals surface area contributed by atoms with Crippen LogP contribution < -0.4 is 14.8 Å². The fourth-order valence-corrected chi connectivity index (χ4v) is 1.65. The van der Waals surface area contributed by atoms with Crippen LogP contribution in [0.5, 0.6) is 11.5 Å². The highest BCUT2D eigenvalue weighted by Gasteiger charge is 2.35. The number of aliphatic hydroxyl groups is 1. The molecule has 1 atom stereocenters. The van der Waals surface area contributed by atoms with Crippen molar-refractivity contribution in [1.29, 1.82) is 0 Å². The molecule has 2 N–H and O–H groups in total. The van der Waals surface area contributed by atoms with E-state index in [2.05, 4.69) is 5.32 Å². The van der Waals surface area contributed by atoms with Crippen molar-refractivity contribution in [3.05, 3.63) is 17.7 Å². The third-order valence-electron chi connectivity index (χ3n) is 2.53. The van der Waals surface area contributed by atoms with Gasteiger partial charge in [-0.25, -0.2) is 0 Å². The van der Waals surface area contributed by atoms with E-state index < -0.39 is 17.8 Å². The van der Waals surface area contributed by atoms with Crippen LogP contribution in [0.2, 0.25) is 0 Å². The molecule has 114 valence electrons. The number of hydrogen-bond acceptors (Lipinski definition) is 4. The fraction of sp³-hybridized carbons (Fsp3) is 0.500. The second kappa shape index (κ2) is 6.90. The van der Waals surface area contributed by atoms with Crippen LogP contribution in [-0.2, 0) is 6.18 Å². The normalized spacial score (nSPS) is 12.9. The van der Waals surface area contributed by atoms with Gasteiger partial charge < -0.3 is 19.9 Å². The Morgan fingerprint density at radius 1 is 1.25 bits per heavy atom. The number of alkyl halides is 4. The van der Waals surface area contributed by atoms with Crippen molar-refractivity contribution in [3.8, 4) is 11.5 Å². The van der Waals surface area contributed by atoms with Crippen molar-refractivity contribution in [2.45, 2.75) is 12.3 Å². The Morgan fingerprint density at radius 2 is 1.85 bits per heavy atom. The Balaban J connectivity index is 3.15. The molecule has 1 aromatic carbocycles. The summed E-state index contributed by atoms with van der Waals surface area (Å²) >= 11 is 5.42. The van der Waals surface area contributed by atoms with E-state index in [0.29, 0.717) is 0 Å². The largest absolute Gasteiger partial charge is 0.496 e. The zero-order chi connectivity index (χ0) is 15.3. The first-order chi connectivity index (χ1) is 9.33. The SMILES string of the molecule is COc1cc(OC)c(C(F)(F)F)cc1NCC(O)CCl. The van der Waals surface area contributed by atoms with Gasteiger partial charge in [-0.1, -0.05) is 0 Å². The van der Waals surface area contributed by atoms with E-state index in [1.807, 2.05) is 0 Å². The number of ether oxygens (including phenoxy) is 2. The summed E-state index contributed by atoms with van der Waals surface area (Å²) in [6.45, 7) is 0.00346. The first kappa shape index (κ1) is 16.7. The third-order valence-corrected chi connectivity index (χ3v) is 2.89. The topological polar surface area (TPSA) is 50.7 Å². The van der Waals surface area contributed by atoms with Gasteiger partial charge in [0.1, 0.15) is 11.5 Å². The smallest absolute Gasteiger partial charge is 0.420 e. The molecule has 8 heteroatoms. The molecular weight excluding hydrogens is 299 g/mol. The first-order valence-electron chi connectivity index (χ1n) is 5.64. The first-order valence-corrected chi connectivity index (χ1v) is 6.18. The number of rotatable bonds is 6. The average Bonchev–Trinajstić information content (AvgIpc) is 2.42. The summed E-state index contributed by atoms with van der Waals surface area (Å²) in [6, 6.07) is 2.01. The fourth-order valence-electron chi connectivity index (χ4n) is 1.54. The minimum atomic E-state index is -4.56. The van der Waals surface area contributed by atoms with E-state index in [0.717, 1.165) is 19.2 Å². The van der Waals surface area contributed by atoms with Gasteiger partial charge >= 0.3 is 6.18 Å². The van der Waals surface area contributed by atoms with Crippen LogP contribution in [0, 0.1) is 0 Å². The number of halogens is 4. The summed E-state index contributed by atoms with van der Waals surface area (Å²) in [4.78, 5) is 0.